The lowest BCUT2D eigenvalue weighted by atomic mass is 9.95. The van der Waals surface area contributed by atoms with Gasteiger partial charge < -0.3 is 14.6 Å². The Labute approximate surface area is 191 Å². The van der Waals surface area contributed by atoms with E-state index in [1.165, 1.54) is 0 Å². The first-order valence-electron chi connectivity index (χ1n) is 10.7. The molecule has 0 radical (unpaired) electrons. The predicted octanol–water partition coefficient (Wildman–Crippen LogP) is 3.88. The maximum Gasteiger partial charge on any atom is 0.223 e. The van der Waals surface area contributed by atoms with Crippen LogP contribution in [0.15, 0.2) is 59.4 Å². The maximum absolute atomic E-state index is 12.6. The molecule has 166 valence electrons. The highest BCUT2D eigenvalue weighted by molar-refractivity contribution is 6.30. The molecule has 1 aliphatic heterocycles. The zero-order valence-corrected chi connectivity index (χ0v) is 18.4. The van der Waals surface area contributed by atoms with Gasteiger partial charge in [-0.25, -0.2) is 4.98 Å². The number of benzene rings is 1. The molecule has 1 N–H and O–H groups in total. The molecule has 32 heavy (non-hydrogen) atoms. The lowest BCUT2D eigenvalue weighted by Gasteiger charge is -2.31. The maximum atomic E-state index is 12.6. The summed E-state index contributed by atoms with van der Waals surface area (Å²) in [6.07, 6.45) is 7.23. The number of nitrogens with zero attached hydrogens (tertiary/aromatic N) is 3. The number of likely N-dealkylation sites (tertiary alicyclic amines) is 1. The van der Waals surface area contributed by atoms with Crippen molar-refractivity contribution in [2.45, 2.75) is 32.2 Å². The van der Waals surface area contributed by atoms with Crippen LogP contribution in [0.2, 0.25) is 5.02 Å². The normalized spacial score (nSPS) is 14.3. The van der Waals surface area contributed by atoms with Crippen molar-refractivity contribution in [3.8, 4) is 11.3 Å². The first kappa shape index (κ1) is 22.0. The Kier molecular flexibility index (Phi) is 7.17. The summed E-state index contributed by atoms with van der Waals surface area (Å²) >= 11 is 5.92. The number of carbonyl (C=O) groups is 2. The molecule has 2 aromatic heterocycles. The molecule has 0 spiro atoms. The summed E-state index contributed by atoms with van der Waals surface area (Å²) < 4.78 is 5.78. The van der Waals surface area contributed by atoms with Gasteiger partial charge in [0.15, 0.2) is 11.7 Å². The van der Waals surface area contributed by atoms with E-state index in [1.807, 2.05) is 29.2 Å². The van der Waals surface area contributed by atoms with Crippen LogP contribution in [0, 0.1) is 5.92 Å². The van der Waals surface area contributed by atoms with Gasteiger partial charge in [-0.05, 0) is 48.7 Å². The smallest absolute Gasteiger partial charge is 0.223 e. The second-order valence-electron chi connectivity index (χ2n) is 7.86. The van der Waals surface area contributed by atoms with Crippen molar-refractivity contribution >= 4 is 23.4 Å². The molecule has 2 amide bonds. The van der Waals surface area contributed by atoms with Gasteiger partial charge in [-0.1, -0.05) is 17.7 Å². The van der Waals surface area contributed by atoms with Crippen LogP contribution in [-0.2, 0) is 22.6 Å². The molecule has 7 nitrogen and oxygen atoms in total. The first-order valence-corrected chi connectivity index (χ1v) is 11.1. The third kappa shape index (κ3) is 5.73. The van der Waals surface area contributed by atoms with E-state index in [1.54, 1.807) is 30.7 Å². The summed E-state index contributed by atoms with van der Waals surface area (Å²) in [6, 6.07) is 11.1. The van der Waals surface area contributed by atoms with Gasteiger partial charge in [0.1, 0.15) is 0 Å². The van der Waals surface area contributed by atoms with Crippen molar-refractivity contribution in [3.63, 3.8) is 0 Å². The molecule has 1 aliphatic rings. The number of pyridine rings is 1. The standard InChI is InChI=1S/C24H25ClN4O3/c25-20-5-3-18(4-6-20)21-16-27-22(32-21)7-8-23(30)29-12-9-19(10-13-29)24(31)28-15-17-2-1-11-26-14-17/h1-6,11,14,16,19H,7-10,12-13,15H2,(H,28,31). The summed E-state index contributed by atoms with van der Waals surface area (Å²) in [6.45, 7) is 1.65. The van der Waals surface area contributed by atoms with Crippen molar-refractivity contribution in [1.82, 2.24) is 20.2 Å². The Morgan fingerprint density at radius 1 is 1.12 bits per heavy atom. The Morgan fingerprint density at radius 3 is 2.62 bits per heavy atom. The van der Waals surface area contributed by atoms with Crippen LogP contribution < -0.4 is 5.32 Å². The summed E-state index contributed by atoms with van der Waals surface area (Å²) in [7, 11) is 0. The number of halogens is 1. The molecule has 0 unspecified atom stereocenters. The Hall–Kier alpha value is -3.19. The highest BCUT2D eigenvalue weighted by Crippen LogP contribution is 2.23. The Bertz CT molecular complexity index is 1040. The molecule has 1 aromatic carbocycles. The van der Waals surface area contributed by atoms with E-state index < -0.39 is 0 Å². The number of aromatic nitrogens is 2. The molecule has 4 rings (SSSR count). The fourth-order valence-corrected chi connectivity index (χ4v) is 3.90. The Balaban J connectivity index is 1.20. The number of hydrogen-bond acceptors (Lipinski definition) is 5. The predicted molar refractivity (Wildman–Crippen MR) is 121 cm³/mol. The number of rotatable bonds is 7. The van der Waals surface area contributed by atoms with Crippen LogP contribution in [-0.4, -0.2) is 39.8 Å². The van der Waals surface area contributed by atoms with Gasteiger partial charge >= 0.3 is 0 Å². The number of amides is 2. The molecular weight excluding hydrogens is 428 g/mol. The third-order valence-corrected chi connectivity index (χ3v) is 5.90. The third-order valence-electron chi connectivity index (χ3n) is 5.64. The van der Waals surface area contributed by atoms with Crippen molar-refractivity contribution in [3.05, 3.63) is 71.5 Å². The van der Waals surface area contributed by atoms with E-state index in [0.717, 1.165) is 11.1 Å². The van der Waals surface area contributed by atoms with Crippen LogP contribution in [0.25, 0.3) is 11.3 Å². The average Bonchev–Trinajstić information content (AvgIpc) is 3.31. The van der Waals surface area contributed by atoms with Crippen LogP contribution in [0.4, 0.5) is 0 Å². The molecular formula is C24H25ClN4O3. The van der Waals surface area contributed by atoms with Crippen molar-refractivity contribution in [2.75, 3.05) is 13.1 Å². The number of oxazole rings is 1. The van der Waals surface area contributed by atoms with E-state index in [9.17, 15) is 9.59 Å². The second kappa shape index (κ2) is 10.4. The molecule has 0 aliphatic carbocycles. The lowest BCUT2D eigenvalue weighted by Crippen LogP contribution is -2.43. The van der Waals surface area contributed by atoms with E-state index in [2.05, 4.69) is 15.3 Å². The Morgan fingerprint density at radius 2 is 1.91 bits per heavy atom. The van der Waals surface area contributed by atoms with Crippen LogP contribution in [0.3, 0.4) is 0 Å². The second-order valence-corrected chi connectivity index (χ2v) is 8.30. The minimum Gasteiger partial charge on any atom is -0.441 e. The van der Waals surface area contributed by atoms with Gasteiger partial charge in [-0.15, -0.1) is 0 Å². The summed E-state index contributed by atoms with van der Waals surface area (Å²) in [5.74, 6) is 1.22. The fourth-order valence-electron chi connectivity index (χ4n) is 3.77. The van der Waals surface area contributed by atoms with Crippen LogP contribution in [0.5, 0.6) is 0 Å². The highest BCUT2D eigenvalue weighted by Gasteiger charge is 2.27. The number of aryl methyl sites for hydroxylation is 1. The fraction of sp³-hybridized carbons (Fsp3) is 0.333. The molecule has 0 bridgehead atoms. The summed E-state index contributed by atoms with van der Waals surface area (Å²) in [5, 5.41) is 3.63. The largest absolute Gasteiger partial charge is 0.441 e. The quantitative estimate of drug-likeness (QED) is 0.587. The molecule has 1 fully saturated rings. The minimum atomic E-state index is -0.0654. The molecule has 3 heterocycles. The molecule has 1 saturated heterocycles. The number of carbonyl (C=O) groups excluding carboxylic acids is 2. The van der Waals surface area contributed by atoms with Gasteiger partial charge in [0.25, 0.3) is 0 Å². The lowest BCUT2D eigenvalue weighted by molar-refractivity contribution is -0.135. The number of hydrogen-bond donors (Lipinski definition) is 1. The van der Waals surface area contributed by atoms with Crippen molar-refractivity contribution < 1.29 is 14.0 Å². The van der Waals surface area contributed by atoms with Gasteiger partial charge in [-0.2, -0.15) is 0 Å². The SMILES string of the molecule is O=C(NCc1cccnc1)C1CCN(C(=O)CCc2ncc(-c3ccc(Cl)cc3)o2)CC1. The number of nitrogens with one attached hydrogen (secondary N) is 1. The van der Waals surface area contributed by atoms with E-state index in [-0.39, 0.29) is 17.7 Å². The average molecular weight is 453 g/mol. The van der Waals surface area contributed by atoms with Gasteiger partial charge in [0.2, 0.25) is 11.8 Å². The minimum absolute atomic E-state index is 0.0375. The zero-order valence-electron chi connectivity index (χ0n) is 17.7. The molecule has 3 aromatic rings. The zero-order chi connectivity index (χ0) is 22.3. The van der Waals surface area contributed by atoms with E-state index in [0.29, 0.717) is 62.0 Å². The summed E-state index contributed by atoms with van der Waals surface area (Å²) in [4.78, 5) is 35.2. The van der Waals surface area contributed by atoms with E-state index in [4.69, 9.17) is 16.0 Å². The molecule has 0 atom stereocenters. The van der Waals surface area contributed by atoms with E-state index >= 15 is 0 Å². The van der Waals surface area contributed by atoms with Gasteiger partial charge in [0, 0.05) is 61.4 Å². The topological polar surface area (TPSA) is 88.3 Å². The highest BCUT2D eigenvalue weighted by atomic mass is 35.5. The van der Waals surface area contributed by atoms with Crippen molar-refractivity contribution in [1.29, 1.82) is 0 Å². The molecule has 8 heteroatoms. The first-order chi connectivity index (χ1) is 15.6. The summed E-state index contributed by atoms with van der Waals surface area (Å²) in [5.41, 5.74) is 1.86. The van der Waals surface area contributed by atoms with Crippen LogP contribution in [0.1, 0.15) is 30.7 Å². The molecule has 0 saturated carbocycles. The monoisotopic (exact) mass is 452 g/mol. The van der Waals surface area contributed by atoms with Crippen LogP contribution >= 0.6 is 11.6 Å². The van der Waals surface area contributed by atoms with Gasteiger partial charge in [-0.3, -0.25) is 14.6 Å². The van der Waals surface area contributed by atoms with Gasteiger partial charge in [0.05, 0.1) is 6.20 Å². The number of piperidine rings is 1. The van der Waals surface area contributed by atoms with Crippen molar-refractivity contribution in [2.24, 2.45) is 5.92 Å².